The van der Waals surface area contributed by atoms with E-state index in [1.165, 1.54) is 21.5 Å². The molecule has 0 saturated carbocycles. The molecule has 1 unspecified atom stereocenters. The van der Waals surface area contributed by atoms with E-state index in [-0.39, 0.29) is 23.5 Å². The molecule has 10 heteroatoms. The fraction of sp³-hybridized carbons (Fsp3) is 0.261. The van der Waals surface area contributed by atoms with Crippen molar-refractivity contribution in [2.45, 2.75) is 31.0 Å². The van der Waals surface area contributed by atoms with Gasteiger partial charge in [0.05, 0.1) is 6.54 Å². The van der Waals surface area contributed by atoms with Gasteiger partial charge in [0.15, 0.2) is 11.9 Å². The number of ether oxygens (including phenoxy) is 1. The molecule has 3 aromatic rings. The lowest BCUT2D eigenvalue weighted by Gasteiger charge is -2.48. The summed E-state index contributed by atoms with van der Waals surface area (Å²) in [7, 11) is 0. The van der Waals surface area contributed by atoms with Crippen LogP contribution in [-0.4, -0.2) is 54.2 Å². The zero-order valence-electron chi connectivity index (χ0n) is 17.9. The normalized spacial score (nSPS) is 20.0. The highest BCUT2D eigenvalue weighted by atomic mass is 32.2. The number of rotatable bonds is 6. The quantitative estimate of drug-likeness (QED) is 0.436. The molecular weight excluding hydrogens is 440 g/mol. The van der Waals surface area contributed by atoms with E-state index < -0.39 is 18.1 Å². The largest absolute Gasteiger partial charge is 0.448 e. The summed E-state index contributed by atoms with van der Waals surface area (Å²) in [6.07, 6.45) is -0.626. The van der Waals surface area contributed by atoms with Crippen LogP contribution >= 0.6 is 11.8 Å². The first-order chi connectivity index (χ1) is 16.0. The van der Waals surface area contributed by atoms with Crippen molar-refractivity contribution in [1.82, 2.24) is 25.1 Å². The van der Waals surface area contributed by atoms with Gasteiger partial charge in [0, 0.05) is 5.75 Å². The Bertz CT molecular complexity index is 1170. The summed E-state index contributed by atoms with van der Waals surface area (Å²) in [5, 5.41) is 11.8. The number of carbonyl (C=O) groups is 2. The van der Waals surface area contributed by atoms with Gasteiger partial charge in [-0.2, -0.15) is 4.80 Å². The Morgan fingerprint density at radius 3 is 2.36 bits per heavy atom. The lowest BCUT2D eigenvalue weighted by atomic mass is 10.0. The Morgan fingerprint density at radius 1 is 1.15 bits per heavy atom. The minimum Gasteiger partial charge on any atom is -0.448 e. The fourth-order valence-electron chi connectivity index (χ4n) is 4.00. The molecule has 2 N–H and O–H groups in total. The molecule has 9 nitrogen and oxygen atoms in total. The molecule has 1 saturated heterocycles. The van der Waals surface area contributed by atoms with Crippen molar-refractivity contribution in [3.05, 3.63) is 88.9 Å². The topological polar surface area (TPSA) is 116 Å². The highest BCUT2D eigenvalue weighted by Crippen LogP contribution is 2.41. The second-order valence-electron chi connectivity index (χ2n) is 7.86. The summed E-state index contributed by atoms with van der Waals surface area (Å²) in [6, 6.07) is 18.4. The molecule has 1 amide bonds. The van der Waals surface area contributed by atoms with Crippen molar-refractivity contribution in [2.24, 2.45) is 5.73 Å². The van der Waals surface area contributed by atoms with Gasteiger partial charge in [-0.1, -0.05) is 60.7 Å². The van der Waals surface area contributed by atoms with Crippen LogP contribution in [0.5, 0.6) is 0 Å². The number of hydrogen-bond donors (Lipinski definition) is 1. The van der Waals surface area contributed by atoms with Crippen molar-refractivity contribution < 1.29 is 14.3 Å². The summed E-state index contributed by atoms with van der Waals surface area (Å²) in [5.41, 5.74) is 8.58. The molecule has 2 aromatic carbocycles. The number of aryl methyl sites for hydroxylation is 1. The van der Waals surface area contributed by atoms with E-state index in [2.05, 4.69) is 15.4 Å². The van der Waals surface area contributed by atoms with Crippen molar-refractivity contribution in [3.8, 4) is 0 Å². The zero-order valence-corrected chi connectivity index (χ0v) is 18.7. The lowest BCUT2D eigenvalue weighted by Crippen LogP contribution is -2.68. The van der Waals surface area contributed by atoms with Crippen LogP contribution in [0, 0.1) is 6.92 Å². The van der Waals surface area contributed by atoms with Crippen LogP contribution in [0.4, 0.5) is 0 Å². The second-order valence-corrected chi connectivity index (χ2v) is 8.97. The average Bonchev–Trinajstić information content (AvgIpc) is 3.27. The number of nitrogens with zero attached hydrogens (tertiary/aromatic N) is 5. The lowest BCUT2D eigenvalue weighted by molar-refractivity contribution is -0.153. The minimum absolute atomic E-state index is 0.220. The Morgan fingerprint density at radius 2 is 1.79 bits per heavy atom. The standard InChI is InChI=1S/C23H22N6O3S/c1-14-25-27-28(26-14)12-17-13-33-22-18(24)21(30)29(22)19(17)23(31)32-20(15-8-4-2-5-9-15)16-10-6-3-7-11-16/h2-11,18,20,22H,12-13,24H2,1H3/t18?,22-/m0/s1. The molecule has 2 aliphatic rings. The third-order valence-electron chi connectivity index (χ3n) is 5.60. The number of carbonyl (C=O) groups excluding carboxylic acids is 2. The molecular formula is C23H22N6O3S. The first kappa shape index (κ1) is 21.4. The minimum atomic E-state index is -0.634. The smallest absolute Gasteiger partial charge is 0.356 e. The molecule has 2 atom stereocenters. The number of thioether (sulfide) groups is 1. The van der Waals surface area contributed by atoms with E-state index in [4.69, 9.17) is 10.5 Å². The number of aromatic nitrogens is 4. The van der Waals surface area contributed by atoms with Crippen LogP contribution in [0.3, 0.4) is 0 Å². The van der Waals surface area contributed by atoms with Gasteiger partial charge in [-0.15, -0.1) is 22.0 Å². The van der Waals surface area contributed by atoms with E-state index in [0.29, 0.717) is 17.2 Å². The van der Waals surface area contributed by atoms with E-state index in [1.54, 1.807) is 6.92 Å². The Kier molecular flexibility index (Phi) is 5.69. The van der Waals surface area contributed by atoms with Crippen LogP contribution in [0.1, 0.15) is 23.1 Å². The van der Waals surface area contributed by atoms with E-state index in [0.717, 1.165) is 11.1 Å². The Labute approximate surface area is 194 Å². The van der Waals surface area contributed by atoms with Crippen molar-refractivity contribution in [1.29, 1.82) is 0 Å². The molecule has 0 spiro atoms. The Hall–Kier alpha value is -3.50. The number of amides is 1. The monoisotopic (exact) mass is 462 g/mol. The van der Waals surface area contributed by atoms with Gasteiger partial charge >= 0.3 is 5.97 Å². The molecule has 5 rings (SSSR count). The average molecular weight is 463 g/mol. The highest BCUT2D eigenvalue weighted by molar-refractivity contribution is 8.00. The number of hydrogen-bond acceptors (Lipinski definition) is 8. The van der Waals surface area contributed by atoms with Crippen LogP contribution in [0.2, 0.25) is 0 Å². The predicted molar refractivity (Wildman–Crippen MR) is 121 cm³/mol. The highest BCUT2D eigenvalue weighted by Gasteiger charge is 2.52. The molecule has 168 valence electrons. The SMILES string of the molecule is Cc1nnn(CC2=C(C(=O)OC(c3ccccc3)c3ccccc3)N3C(=O)C(N)[C@@H]3SC2)n1. The van der Waals surface area contributed by atoms with Gasteiger partial charge in [0.1, 0.15) is 17.1 Å². The molecule has 33 heavy (non-hydrogen) atoms. The van der Waals surface area contributed by atoms with Crippen LogP contribution in [0.25, 0.3) is 0 Å². The summed E-state index contributed by atoms with van der Waals surface area (Å²) in [4.78, 5) is 29.1. The van der Waals surface area contributed by atoms with Gasteiger partial charge in [-0.05, 0) is 28.8 Å². The van der Waals surface area contributed by atoms with Gasteiger partial charge < -0.3 is 10.5 Å². The summed E-state index contributed by atoms with van der Waals surface area (Å²) >= 11 is 1.52. The maximum absolute atomic E-state index is 13.6. The molecule has 1 fully saturated rings. The van der Waals surface area contributed by atoms with Gasteiger partial charge in [0.2, 0.25) is 5.91 Å². The van der Waals surface area contributed by atoms with Crippen molar-refractivity contribution in [3.63, 3.8) is 0 Å². The number of esters is 1. The first-order valence-electron chi connectivity index (χ1n) is 10.5. The van der Waals surface area contributed by atoms with Crippen molar-refractivity contribution in [2.75, 3.05) is 5.75 Å². The third kappa shape index (κ3) is 4.03. The summed E-state index contributed by atoms with van der Waals surface area (Å²) in [5.74, 6) is 0.158. The number of benzene rings is 2. The summed E-state index contributed by atoms with van der Waals surface area (Å²) < 4.78 is 6.06. The fourth-order valence-corrected chi connectivity index (χ4v) is 5.28. The third-order valence-corrected chi connectivity index (χ3v) is 6.96. The maximum Gasteiger partial charge on any atom is 0.356 e. The van der Waals surface area contributed by atoms with Crippen LogP contribution in [0.15, 0.2) is 71.9 Å². The molecule has 0 aliphatic carbocycles. The van der Waals surface area contributed by atoms with E-state index >= 15 is 0 Å². The van der Waals surface area contributed by atoms with Gasteiger partial charge in [-0.25, -0.2) is 4.79 Å². The number of tetrazole rings is 1. The van der Waals surface area contributed by atoms with Gasteiger partial charge in [-0.3, -0.25) is 9.69 Å². The number of β-lactam (4-membered cyclic amide) rings is 1. The first-order valence-corrected chi connectivity index (χ1v) is 11.6. The Balaban J connectivity index is 1.51. The van der Waals surface area contributed by atoms with Gasteiger partial charge in [0.25, 0.3) is 0 Å². The molecule has 0 bridgehead atoms. The number of fused-ring (bicyclic) bond motifs is 1. The summed E-state index contributed by atoms with van der Waals surface area (Å²) in [6.45, 7) is 1.96. The predicted octanol–water partition coefficient (Wildman–Crippen LogP) is 1.81. The van der Waals surface area contributed by atoms with Crippen LogP contribution < -0.4 is 5.73 Å². The molecule has 1 aromatic heterocycles. The molecule has 3 heterocycles. The maximum atomic E-state index is 13.6. The van der Waals surface area contributed by atoms with Crippen molar-refractivity contribution >= 4 is 23.6 Å². The zero-order chi connectivity index (χ0) is 22.9. The molecule has 2 aliphatic heterocycles. The van der Waals surface area contributed by atoms with E-state index in [1.807, 2.05) is 60.7 Å². The van der Waals surface area contributed by atoms with E-state index in [9.17, 15) is 9.59 Å². The van der Waals surface area contributed by atoms with Crippen LogP contribution in [-0.2, 0) is 20.9 Å². The number of nitrogens with two attached hydrogens (primary N) is 1. The molecule has 0 radical (unpaired) electrons. The second kappa shape index (κ2) is 8.80.